The lowest BCUT2D eigenvalue weighted by atomic mass is 10.0. The second-order valence-electron chi connectivity index (χ2n) is 4.38. The molecule has 0 amide bonds. The molecule has 11 heteroatoms. The predicted molar refractivity (Wildman–Crippen MR) is 78.6 cm³/mol. The fraction of sp³-hybridized carbons (Fsp3) is 0.615. The first-order valence-corrected chi connectivity index (χ1v) is 7.63. The normalized spacial score (nSPS) is 15.2. The molecule has 0 aromatic rings. The summed E-state index contributed by atoms with van der Waals surface area (Å²) < 4.78 is 18.8. The summed E-state index contributed by atoms with van der Waals surface area (Å²) in [6.07, 6.45) is -7.32. The number of esters is 4. The van der Waals surface area contributed by atoms with E-state index >= 15 is 0 Å². The maximum Gasteiger partial charge on any atom is 0.339 e. The van der Waals surface area contributed by atoms with Gasteiger partial charge in [-0.15, -0.1) is 0 Å². The van der Waals surface area contributed by atoms with Crippen molar-refractivity contribution in [1.29, 1.82) is 0 Å². The minimum absolute atomic E-state index is 0.105. The lowest BCUT2D eigenvalue weighted by molar-refractivity contribution is -0.196. The second-order valence-corrected chi connectivity index (χ2v) is 4.83. The maximum atomic E-state index is 11.7. The number of hydrogen-bond acceptors (Lipinski definition) is 10. The van der Waals surface area contributed by atoms with Crippen molar-refractivity contribution in [3.8, 4) is 0 Å². The van der Waals surface area contributed by atoms with Crippen LogP contribution < -0.4 is 0 Å². The van der Waals surface area contributed by atoms with E-state index in [4.69, 9.17) is 9.47 Å². The molecule has 0 aromatic heterocycles. The number of aliphatic hydroxyl groups is 1. The molecule has 0 aliphatic carbocycles. The minimum atomic E-state index is -2.10. The Bertz CT molecular complexity index is 491. The van der Waals surface area contributed by atoms with Crippen molar-refractivity contribution in [1.82, 2.24) is 0 Å². The van der Waals surface area contributed by atoms with Crippen LogP contribution in [0.1, 0.15) is 20.8 Å². The van der Waals surface area contributed by atoms with Crippen molar-refractivity contribution in [2.24, 2.45) is 0 Å². The van der Waals surface area contributed by atoms with Gasteiger partial charge >= 0.3 is 23.9 Å². The van der Waals surface area contributed by atoms with E-state index in [0.29, 0.717) is 0 Å². The van der Waals surface area contributed by atoms with Gasteiger partial charge in [-0.05, 0) is 15.9 Å². The summed E-state index contributed by atoms with van der Waals surface area (Å²) in [6.45, 7) is 2.91. The highest BCUT2D eigenvalue weighted by atomic mass is 79.9. The van der Waals surface area contributed by atoms with E-state index in [9.17, 15) is 29.1 Å². The third-order valence-electron chi connectivity index (χ3n) is 2.44. The van der Waals surface area contributed by atoms with Crippen LogP contribution in [0.5, 0.6) is 0 Å². The van der Waals surface area contributed by atoms with Crippen LogP contribution in [-0.4, -0.2) is 65.2 Å². The third-order valence-corrected chi connectivity index (χ3v) is 2.67. The quantitative estimate of drug-likeness (QED) is 0.222. The zero-order valence-corrected chi connectivity index (χ0v) is 14.7. The number of ether oxygens (including phenoxy) is 4. The maximum absolute atomic E-state index is 11.7. The minimum Gasteiger partial charge on any atom is -0.455 e. The Morgan fingerprint density at radius 1 is 0.958 bits per heavy atom. The Morgan fingerprint density at radius 2 is 1.42 bits per heavy atom. The molecule has 24 heavy (non-hydrogen) atoms. The van der Waals surface area contributed by atoms with Crippen LogP contribution in [-0.2, 0) is 42.9 Å². The molecule has 0 spiro atoms. The van der Waals surface area contributed by atoms with Crippen LogP contribution >= 0.6 is 15.9 Å². The number of carbonyl (C=O) groups is 5. The van der Waals surface area contributed by atoms with E-state index in [2.05, 4.69) is 25.4 Å². The zero-order chi connectivity index (χ0) is 18.9. The SMILES string of the molecule is CC(=O)O[C@@H]([C@H](OC(C)=O)[C@H](O)C(=O)OCBr)[C@H](C=O)OC(C)=O. The molecule has 0 saturated heterocycles. The first-order chi connectivity index (χ1) is 11.1. The molecule has 0 radical (unpaired) electrons. The van der Waals surface area contributed by atoms with Gasteiger partial charge in [-0.25, -0.2) is 4.79 Å². The van der Waals surface area contributed by atoms with Gasteiger partial charge in [0.2, 0.25) is 0 Å². The number of aldehydes is 1. The molecule has 0 unspecified atom stereocenters. The average Bonchev–Trinajstić information content (AvgIpc) is 2.47. The molecular weight excluding hydrogens is 396 g/mol. The van der Waals surface area contributed by atoms with Crippen molar-refractivity contribution in [3.63, 3.8) is 0 Å². The van der Waals surface area contributed by atoms with Gasteiger partial charge in [0, 0.05) is 20.8 Å². The molecule has 0 heterocycles. The fourth-order valence-electron chi connectivity index (χ4n) is 1.65. The fourth-order valence-corrected chi connectivity index (χ4v) is 1.88. The van der Waals surface area contributed by atoms with Crippen LogP contribution in [0, 0.1) is 0 Å². The first kappa shape index (κ1) is 22.0. The lowest BCUT2D eigenvalue weighted by Gasteiger charge is -2.31. The Morgan fingerprint density at radius 3 is 1.79 bits per heavy atom. The monoisotopic (exact) mass is 412 g/mol. The summed E-state index contributed by atoms with van der Waals surface area (Å²) in [5, 5.41) is 10.00. The molecule has 0 saturated carbocycles. The van der Waals surface area contributed by atoms with Crippen LogP contribution in [0.3, 0.4) is 0 Å². The summed E-state index contributed by atoms with van der Waals surface area (Å²) >= 11 is 2.80. The summed E-state index contributed by atoms with van der Waals surface area (Å²) in [6, 6.07) is 0. The zero-order valence-electron chi connectivity index (χ0n) is 13.1. The molecule has 0 aliphatic heterocycles. The summed E-state index contributed by atoms with van der Waals surface area (Å²) in [5.74, 6) is -4.00. The molecule has 10 nitrogen and oxygen atoms in total. The van der Waals surface area contributed by atoms with E-state index in [1.807, 2.05) is 0 Å². The number of aliphatic hydroxyl groups excluding tert-OH is 1. The second kappa shape index (κ2) is 10.7. The molecule has 0 rings (SSSR count). The number of hydrogen-bond donors (Lipinski definition) is 1. The first-order valence-electron chi connectivity index (χ1n) is 6.51. The van der Waals surface area contributed by atoms with Crippen molar-refractivity contribution < 1.29 is 48.0 Å². The van der Waals surface area contributed by atoms with Crippen LogP contribution in [0.2, 0.25) is 0 Å². The summed E-state index contributed by atoms with van der Waals surface area (Å²) in [7, 11) is 0. The van der Waals surface area contributed by atoms with Gasteiger partial charge in [0.15, 0.2) is 30.7 Å². The highest BCUT2D eigenvalue weighted by molar-refractivity contribution is 9.09. The molecule has 4 atom stereocenters. The molecule has 0 bridgehead atoms. The standard InChI is InChI=1S/C13H17BrO10/c1-6(16)22-9(4-15)11(23-7(2)17)12(24-8(3)18)10(19)13(20)21-5-14/h4,9-12,19H,5H2,1-3H3/t9-,10-,11+,12+/m0/s1. The van der Waals surface area contributed by atoms with Crippen LogP contribution in [0.4, 0.5) is 0 Å². The number of rotatable bonds is 9. The molecule has 0 aromatic carbocycles. The van der Waals surface area contributed by atoms with Crippen LogP contribution in [0.15, 0.2) is 0 Å². The Hall–Kier alpha value is -2.01. The van der Waals surface area contributed by atoms with E-state index in [1.165, 1.54) is 0 Å². The molecule has 0 fully saturated rings. The highest BCUT2D eigenvalue weighted by Gasteiger charge is 2.44. The van der Waals surface area contributed by atoms with Crippen molar-refractivity contribution in [3.05, 3.63) is 0 Å². The van der Waals surface area contributed by atoms with Gasteiger partial charge < -0.3 is 24.1 Å². The van der Waals surface area contributed by atoms with Gasteiger partial charge in [-0.1, -0.05) is 0 Å². The Balaban J connectivity index is 5.72. The summed E-state index contributed by atoms with van der Waals surface area (Å²) in [4.78, 5) is 56.4. The van der Waals surface area contributed by atoms with Crippen molar-refractivity contribution >= 4 is 46.1 Å². The molecule has 136 valence electrons. The topological polar surface area (TPSA) is 143 Å². The number of halogens is 1. The van der Waals surface area contributed by atoms with E-state index in [1.54, 1.807) is 0 Å². The lowest BCUT2D eigenvalue weighted by Crippen LogP contribution is -2.53. The third kappa shape index (κ3) is 7.51. The van der Waals surface area contributed by atoms with Crippen molar-refractivity contribution in [2.45, 2.75) is 45.2 Å². The smallest absolute Gasteiger partial charge is 0.339 e. The van der Waals surface area contributed by atoms with E-state index < -0.39 is 48.3 Å². The van der Waals surface area contributed by atoms with Gasteiger partial charge in [0.25, 0.3) is 0 Å². The van der Waals surface area contributed by atoms with E-state index in [0.717, 1.165) is 20.8 Å². The average molecular weight is 413 g/mol. The summed E-state index contributed by atoms with van der Waals surface area (Å²) in [5.41, 5.74) is -0.269. The molecule has 1 N–H and O–H groups in total. The molecular formula is C13H17BrO10. The van der Waals surface area contributed by atoms with Gasteiger partial charge in [-0.3, -0.25) is 19.2 Å². The molecule has 0 aliphatic rings. The predicted octanol–water partition coefficient (Wildman–Crippen LogP) is -0.763. The Kier molecular flexibility index (Phi) is 9.81. The van der Waals surface area contributed by atoms with Gasteiger partial charge in [-0.2, -0.15) is 0 Å². The largest absolute Gasteiger partial charge is 0.455 e. The number of alkyl halides is 1. The van der Waals surface area contributed by atoms with Crippen LogP contribution in [0.25, 0.3) is 0 Å². The van der Waals surface area contributed by atoms with Gasteiger partial charge in [0.05, 0.1) is 0 Å². The Labute approximate surface area is 145 Å². The number of carbonyl (C=O) groups excluding carboxylic acids is 5. The van der Waals surface area contributed by atoms with E-state index in [-0.39, 0.29) is 11.8 Å². The highest BCUT2D eigenvalue weighted by Crippen LogP contribution is 2.17. The van der Waals surface area contributed by atoms with Gasteiger partial charge in [0.1, 0.15) is 5.52 Å². The van der Waals surface area contributed by atoms with Crippen molar-refractivity contribution in [2.75, 3.05) is 5.52 Å².